The van der Waals surface area contributed by atoms with Gasteiger partial charge in [0.15, 0.2) is 0 Å². The molecular weight excluding hydrogens is 126 g/mol. The summed E-state index contributed by atoms with van der Waals surface area (Å²) in [6.07, 6.45) is 2.39. The molecule has 1 unspecified atom stereocenters. The van der Waals surface area contributed by atoms with Crippen molar-refractivity contribution < 1.29 is 4.79 Å². The van der Waals surface area contributed by atoms with Crippen LogP contribution in [-0.4, -0.2) is 12.5 Å². The second-order valence-corrected chi connectivity index (χ2v) is 2.83. The van der Waals surface area contributed by atoms with Gasteiger partial charge in [-0.25, -0.2) is 0 Å². The molecule has 0 aromatic heterocycles. The highest BCUT2D eigenvalue weighted by Crippen LogP contribution is 2.01. The Morgan fingerprint density at radius 2 is 2.20 bits per heavy atom. The number of nitrogens with one attached hydrogen (secondary N) is 1. The number of carbonyl (C=O) groups excluding carboxylic acids is 1. The first-order chi connectivity index (χ1) is 4.66. The van der Waals surface area contributed by atoms with Gasteiger partial charge in [-0.05, 0) is 12.3 Å². The van der Waals surface area contributed by atoms with Crippen LogP contribution in [0, 0.1) is 5.92 Å². The highest BCUT2D eigenvalue weighted by Gasteiger charge is 1.99. The van der Waals surface area contributed by atoms with Gasteiger partial charge in [0.2, 0.25) is 5.91 Å². The Balaban J connectivity index is 3.21. The molecule has 0 aromatic carbocycles. The molecule has 10 heavy (non-hydrogen) atoms. The van der Waals surface area contributed by atoms with Gasteiger partial charge < -0.3 is 5.32 Å². The summed E-state index contributed by atoms with van der Waals surface area (Å²) in [6, 6.07) is 0. The SMILES string of the molecule is CCCC(C)CNC(C)=O. The molecule has 1 atom stereocenters. The molecule has 2 nitrogen and oxygen atoms in total. The molecule has 0 bridgehead atoms. The van der Waals surface area contributed by atoms with E-state index in [-0.39, 0.29) is 5.91 Å². The van der Waals surface area contributed by atoms with Crippen molar-refractivity contribution in [2.45, 2.75) is 33.6 Å². The Hall–Kier alpha value is -0.530. The van der Waals surface area contributed by atoms with Crippen LogP contribution in [0.2, 0.25) is 0 Å². The third-order valence-corrected chi connectivity index (χ3v) is 1.48. The van der Waals surface area contributed by atoms with E-state index in [1.54, 1.807) is 6.92 Å². The smallest absolute Gasteiger partial charge is 0.216 e. The summed E-state index contributed by atoms with van der Waals surface area (Å²) >= 11 is 0. The van der Waals surface area contributed by atoms with E-state index < -0.39 is 0 Å². The lowest BCUT2D eigenvalue weighted by Gasteiger charge is -2.09. The molecule has 1 N–H and O–H groups in total. The molecule has 0 saturated heterocycles. The Morgan fingerprint density at radius 1 is 1.60 bits per heavy atom. The van der Waals surface area contributed by atoms with Gasteiger partial charge in [-0.1, -0.05) is 20.3 Å². The van der Waals surface area contributed by atoms with Crippen LogP contribution in [0.1, 0.15) is 33.6 Å². The molecule has 2 heteroatoms. The van der Waals surface area contributed by atoms with Crippen LogP contribution in [-0.2, 0) is 4.79 Å². The van der Waals surface area contributed by atoms with Crippen molar-refractivity contribution in [3.05, 3.63) is 0 Å². The highest BCUT2D eigenvalue weighted by molar-refractivity contribution is 5.72. The average molecular weight is 143 g/mol. The van der Waals surface area contributed by atoms with Crippen LogP contribution in [0.4, 0.5) is 0 Å². The molecule has 0 spiro atoms. The molecule has 0 rings (SSSR count). The van der Waals surface area contributed by atoms with Crippen LogP contribution in [0.25, 0.3) is 0 Å². The minimum Gasteiger partial charge on any atom is -0.356 e. The zero-order valence-corrected chi connectivity index (χ0v) is 7.11. The third-order valence-electron chi connectivity index (χ3n) is 1.48. The molecule has 0 aromatic rings. The minimum atomic E-state index is 0.0722. The predicted octanol–water partition coefficient (Wildman–Crippen LogP) is 1.56. The van der Waals surface area contributed by atoms with Crippen LogP contribution < -0.4 is 5.32 Å². The fourth-order valence-corrected chi connectivity index (χ4v) is 0.913. The number of amides is 1. The molecule has 0 aliphatic rings. The zero-order chi connectivity index (χ0) is 7.98. The molecule has 0 aliphatic carbocycles. The van der Waals surface area contributed by atoms with Crippen LogP contribution in [0.5, 0.6) is 0 Å². The summed E-state index contributed by atoms with van der Waals surface area (Å²) in [5.74, 6) is 0.692. The number of carbonyl (C=O) groups is 1. The maximum Gasteiger partial charge on any atom is 0.216 e. The standard InChI is InChI=1S/C8H17NO/c1-4-5-7(2)6-9-8(3)10/h7H,4-6H2,1-3H3,(H,9,10). The lowest BCUT2D eigenvalue weighted by atomic mass is 10.1. The molecular formula is C8H17NO. The van der Waals surface area contributed by atoms with Gasteiger partial charge in [0.25, 0.3) is 0 Å². The van der Waals surface area contributed by atoms with Crippen LogP contribution in [0.15, 0.2) is 0 Å². The minimum absolute atomic E-state index is 0.0722. The van der Waals surface area contributed by atoms with Crippen molar-refractivity contribution >= 4 is 5.91 Å². The topological polar surface area (TPSA) is 29.1 Å². The molecule has 0 aliphatic heterocycles. The second kappa shape index (κ2) is 5.27. The van der Waals surface area contributed by atoms with E-state index >= 15 is 0 Å². The number of hydrogen-bond donors (Lipinski definition) is 1. The van der Waals surface area contributed by atoms with Gasteiger partial charge in [-0.2, -0.15) is 0 Å². The normalized spacial score (nSPS) is 12.7. The summed E-state index contributed by atoms with van der Waals surface area (Å²) < 4.78 is 0. The van der Waals surface area contributed by atoms with E-state index in [1.165, 1.54) is 12.8 Å². The quantitative estimate of drug-likeness (QED) is 0.635. The number of rotatable bonds is 4. The van der Waals surface area contributed by atoms with Crippen molar-refractivity contribution in [3.63, 3.8) is 0 Å². The predicted molar refractivity (Wildman–Crippen MR) is 42.8 cm³/mol. The van der Waals surface area contributed by atoms with E-state index in [4.69, 9.17) is 0 Å². The average Bonchev–Trinajstić information content (AvgIpc) is 1.85. The summed E-state index contributed by atoms with van der Waals surface area (Å²) in [7, 11) is 0. The van der Waals surface area contributed by atoms with E-state index in [1.807, 2.05) is 0 Å². The second-order valence-electron chi connectivity index (χ2n) is 2.83. The summed E-state index contributed by atoms with van der Waals surface area (Å²) in [5.41, 5.74) is 0. The molecule has 1 amide bonds. The lowest BCUT2D eigenvalue weighted by molar-refractivity contribution is -0.119. The van der Waals surface area contributed by atoms with E-state index in [2.05, 4.69) is 19.2 Å². The summed E-state index contributed by atoms with van der Waals surface area (Å²) in [5, 5.41) is 2.79. The van der Waals surface area contributed by atoms with Crippen molar-refractivity contribution in [2.24, 2.45) is 5.92 Å². The molecule has 60 valence electrons. The first-order valence-electron chi connectivity index (χ1n) is 3.91. The van der Waals surface area contributed by atoms with E-state index in [0.29, 0.717) is 5.92 Å². The Kier molecular flexibility index (Phi) is 4.99. The van der Waals surface area contributed by atoms with Gasteiger partial charge >= 0.3 is 0 Å². The fourth-order valence-electron chi connectivity index (χ4n) is 0.913. The highest BCUT2D eigenvalue weighted by atomic mass is 16.1. The van der Waals surface area contributed by atoms with Crippen molar-refractivity contribution in [3.8, 4) is 0 Å². The lowest BCUT2D eigenvalue weighted by Crippen LogP contribution is -2.25. The first kappa shape index (κ1) is 9.47. The van der Waals surface area contributed by atoms with Gasteiger partial charge in [-0.3, -0.25) is 4.79 Å². The van der Waals surface area contributed by atoms with Gasteiger partial charge in [0, 0.05) is 13.5 Å². The molecule has 0 saturated carbocycles. The van der Waals surface area contributed by atoms with Crippen molar-refractivity contribution in [2.75, 3.05) is 6.54 Å². The molecule has 0 fully saturated rings. The molecule has 0 heterocycles. The van der Waals surface area contributed by atoms with Crippen molar-refractivity contribution in [1.29, 1.82) is 0 Å². The van der Waals surface area contributed by atoms with E-state index in [9.17, 15) is 4.79 Å². The number of hydrogen-bond acceptors (Lipinski definition) is 1. The van der Waals surface area contributed by atoms with Crippen molar-refractivity contribution in [1.82, 2.24) is 5.32 Å². The maximum atomic E-state index is 10.4. The maximum absolute atomic E-state index is 10.4. The van der Waals surface area contributed by atoms with Gasteiger partial charge in [0.1, 0.15) is 0 Å². The Bertz CT molecular complexity index is 101. The Labute approximate surface area is 63.0 Å². The zero-order valence-electron chi connectivity index (χ0n) is 7.11. The van der Waals surface area contributed by atoms with Crippen LogP contribution in [0.3, 0.4) is 0 Å². The van der Waals surface area contributed by atoms with E-state index in [0.717, 1.165) is 6.54 Å². The summed E-state index contributed by atoms with van der Waals surface area (Å²) in [6.45, 7) is 6.69. The first-order valence-corrected chi connectivity index (χ1v) is 3.91. The van der Waals surface area contributed by atoms with Gasteiger partial charge in [-0.15, -0.1) is 0 Å². The largest absolute Gasteiger partial charge is 0.356 e. The fraction of sp³-hybridized carbons (Fsp3) is 0.875. The molecule has 0 radical (unpaired) electrons. The summed E-state index contributed by atoms with van der Waals surface area (Å²) in [4.78, 5) is 10.4. The monoisotopic (exact) mass is 143 g/mol. The van der Waals surface area contributed by atoms with Gasteiger partial charge in [0.05, 0.1) is 0 Å². The third kappa shape index (κ3) is 5.60. The Morgan fingerprint density at radius 3 is 2.60 bits per heavy atom. The van der Waals surface area contributed by atoms with Crippen LogP contribution >= 0.6 is 0 Å².